The number of hydrogen-bond acceptors (Lipinski definition) is 4. The fourth-order valence-electron chi connectivity index (χ4n) is 3.52. The highest BCUT2D eigenvalue weighted by atomic mass is 35.5. The second-order valence-corrected chi connectivity index (χ2v) is 10.4. The maximum atomic E-state index is 14.4. The van der Waals surface area contributed by atoms with E-state index in [1.165, 1.54) is 62.5 Å². The molecule has 3 rings (SSSR count). The monoisotopic (exact) mass is 551 g/mol. The van der Waals surface area contributed by atoms with Gasteiger partial charge in [0, 0.05) is 19.2 Å². The van der Waals surface area contributed by atoms with E-state index >= 15 is 0 Å². The molecule has 0 fully saturated rings. The first-order valence-corrected chi connectivity index (χ1v) is 13.0. The van der Waals surface area contributed by atoms with Crippen LogP contribution in [0.2, 0.25) is 10.0 Å². The van der Waals surface area contributed by atoms with Gasteiger partial charge in [-0.15, -0.1) is 0 Å². The number of anilines is 1. The zero-order valence-electron chi connectivity index (χ0n) is 19.5. The van der Waals surface area contributed by atoms with E-state index < -0.39 is 40.2 Å². The third-order valence-electron chi connectivity index (χ3n) is 5.52. The Morgan fingerprint density at radius 3 is 2.25 bits per heavy atom. The van der Waals surface area contributed by atoms with E-state index in [2.05, 4.69) is 5.32 Å². The molecule has 0 spiro atoms. The molecule has 0 aliphatic rings. The number of likely N-dealkylation sites (N-methyl/N-ethyl adjacent to an activating group) is 1. The molecule has 3 aromatic carbocycles. The Morgan fingerprint density at radius 1 is 0.972 bits per heavy atom. The fourth-order valence-corrected chi connectivity index (χ4v) is 5.41. The third-order valence-corrected chi connectivity index (χ3v) is 8.11. The van der Waals surface area contributed by atoms with Crippen molar-refractivity contribution in [1.29, 1.82) is 0 Å². The summed E-state index contributed by atoms with van der Waals surface area (Å²) in [6.07, 6.45) is 0. The summed E-state index contributed by atoms with van der Waals surface area (Å²) in [6, 6.07) is 16.7. The maximum absolute atomic E-state index is 14.4. The van der Waals surface area contributed by atoms with Gasteiger partial charge in [0.2, 0.25) is 11.8 Å². The topological polar surface area (TPSA) is 86.8 Å². The molecule has 11 heteroatoms. The molecule has 0 bridgehead atoms. The summed E-state index contributed by atoms with van der Waals surface area (Å²) in [5.41, 5.74) is 0.152. The Morgan fingerprint density at radius 2 is 1.61 bits per heavy atom. The molecule has 2 amide bonds. The number of amides is 2. The molecule has 0 heterocycles. The van der Waals surface area contributed by atoms with Crippen LogP contribution in [0.3, 0.4) is 0 Å². The molecule has 0 unspecified atom stereocenters. The van der Waals surface area contributed by atoms with Gasteiger partial charge in [-0.1, -0.05) is 65.7 Å². The second-order valence-electron chi connectivity index (χ2n) is 7.80. The van der Waals surface area contributed by atoms with E-state index in [9.17, 15) is 22.4 Å². The Balaban J connectivity index is 2.08. The normalized spacial score (nSPS) is 12.0. The number of benzene rings is 3. The first-order chi connectivity index (χ1) is 17.1. The molecule has 1 N–H and O–H groups in total. The van der Waals surface area contributed by atoms with Crippen molar-refractivity contribution in [3.05, 3.63) is 94.2 Å². The fraction of sp³-hybridized carbons (Fsp3) is 0.200. The molecule has 190 valence electrons. The number of halogens is 3. The van der Waals surface area contributed by atoms with Gasteiger partial charge < -0.3 is 10.2 Å². The SMILES string of the molecule is CNC(=O)[C@H](C)N(Cc1ccccc1F)C(=O)CN(c1cccc(Cl)c1Cl)S(=O)(=O)c1ccccc1. The molecule has 1 atom stereocenters. The lowest BCUT2D eigenvalue weighted by atomic mass is 10.1. The molecular formula is C25H24Cl2FN3O4S. The van der Waals surface area contributed by atoms with Crippen LogP contribution in [0.25, 0.3) is 0 Å². The molecular weight excluding hydrogens is 528 g/mol. The Kier molecular flexibility index (Phi) is 8.94. The Labute approximate surface area is 219 Å². The lowest BCUT2D eigenvalue weighted by Crippen LogP contribution is -2.50. The van der Waals surface area contributed by atoms with Gasteiger partial charge in [0.1, 0.15) is 18.4 Å². The average Bonchev–Trinajstić information content (AvgIpc) is 2.88. The van der Waals surface area contributed by atoms with Crippen LogP contribution in [-0.4, -0.2) is 44.8 Å². The third kappa shape index (κ3) is 5.98. The van der Waals surface area contributed by atoms with Gasteiger partial charge in [-0.2, -0.15) is 0 Å². The van der Waals surface area contributed by atoms with Gasteiger partial charge in [-0.05, 0) is 37.3 Å². The van der Waals surface area contributed by atoms with Crippen molar-refractivity contribution in [3.63, 3.8) is 0 Å². The summed E-state index contributed by atoms with van der Waals surface area (Å²) in [7, 11) is -2.88. The number of carbonyl (C=O) groups excluding carboxylic acids is 2. The number of nitrogens with one attached hydrogen (secondary N) is 1. The van der Waals surface area contributed by atoms with E-state index in [1.807, 2.05) is 0 Å². The number of sulfonamides is 1. The summed E-state index contributed by atoms with van der Waals surface area (Å²) in [6.45, 7) is 0.496. The molecule has 36 heavy (non-hydrogen) atoms. The van der Waals surface area contributed by atoms with Crippen LogP contribution in [0.4, 0.5) is 10.1 Å². The molecule has 0 radical (unpaired) electrons. The van der Waals surface area contributed by atoms with Gasteiger partial charge in [-0.3, -0.25) is 13.9 Å². The summed E-state index contributed by atoms with van der Waals surface area (Å²) in [5, 5.41) is 2.49. The van der Waals surface area contributed by atoms with Crippen LogP contribution in [0.5, 0.6) is 0 Å². The van der Waals surface area contributed by atoms with E-state index in [1.54, 1.807) is 24.3 Å². The molecule has 0 saturated heterocycles. The van der Waals surface area contributed by atoms with Crippen molar-refractivity contribution < 1.29 is 22.4 Å². The van der Waals surface area contributed by atoms with Crippen LogP contribution in [0.15, 0.2) is 77.7 Å². The van der Waals surface area contributed by atoms with E-state index in [-0.39, 0.29) is 32.7 Å². The minimum Gasteiger partial charge on any atom is -0.357 e. The number of nitrogens with zero attached hydrogens (tertiary/aromatic N) is 2. The lowest BCUT2D eigenvalue weighted by Gasteiger charge is -2.32. The smallest absolute Gasteiger partial charge is 0.264 e. The molecule has 0 aromatic heterocycles. The van der Waals surface area contributed by atoms with Crippen LogP contribution in [0, 0.1) is 5.82 Å². The van der Waals surface area contributed by atoms with Crippen molar-refractivity contribution in [2.75, 3.05) is 17.9 Å². The van der Waals surface area contributed by atoms with Gasteiger partial charge in [-0.25, -0.2) is 12.8 Å². The zero-order valence-corrected chi connectivity index (χ0v) is 21.8. The van der Waals surface area contributed by atoms with Crippen molar-refractivity contribution >= 4 is 50.7 Å². The highest BCUT2D eigenvalue weighted by molar-refractivity contribution is 7.92. The van der Waals surface area contributed by atoms with Gasteiger partial charge in [0.15, 0.2) is 0 Å². The molecule has 0 aliphatic carbocycles. The standard InChI is InChI=1S/C25H24Cl2FN3O4S/c1-17(25(33)29-2)30(15-18-9-6-7-13-21(18)28)23(32)16-31(22-14-8-12-20(26)24(22)27)36(34,35)19-10-4-3-5-11-19/h3-14,17H,15-16H2,1-2H3,(H,29,33)/t17-/m0/s1. The van der Waals surface area contributed by atoms with Crippen molar-refractivity contribution in [2.24, 2.45) is 0 Å². The first kappa shape index (κ1) is 27.4. The van der Waals surface area contributed by atoms with Gasteiger partial charge >= 0.3 is 0 Å². The maximum Gasteiger partial charge on any atom is 0.264 e. The highest BCUT2D eigenvalue weighted by Gasteiger charge is 2.33. The Hall–Kier alpha value is -3.14. The molecule has 0 saturated carbocycles. The van der Waals surface area contributed by atoms with Crippen LogP contribution in [-0.2, 0) is 26.2 Å². The van der Waals surface area contributed by atoms with Crippen LogP contribution >= 0.6 is 23.2 Å². The predicted molar refractivity (Wildman–Crippen MR) is 138 cm³/mol. The largest absolute Gasteiger partial charge is 0.357 e. The lowest BCUT2D eigenvalue weighted by molar-refractivity contribution is -0.139. The minimum atomic E-state index is -4.29. The predicted octanol–water partition coefficient (Wildman–Crippen LogP) is 4.49. The van der Waals surface area contributed by atoms with E-state index in [4.69, 9.17) is 23.2 Å². The van der Waals surface area contributed by atoms with Crippen molar-refractivity contribution in [1.82, 2.24) is 10.2 Å². The highest BCUT2D eigenvalue weighted by Crippen LogP contribution is 2.35. The molecule has 3 aromatic rings. The van der Waals surface area contributed by atoms with Gasteiger partial charge in [0.25, 0.3) is 10.0 Å². The summed E-state index contributed by atoms with van der Waals surface area (Å²) >= 11 is 12.5. The molecule has 7 nitrogen and oxygen atoms in total. The van der Waals surface area contributed by atoms with Crippen molar-refractivity contribution in [2.45, 2.75) is 24.4 Å². The minimum absolute atomic E-state index is 0.0141. The molecule has 0 aliphatic heterocycles. The summed E-state index contributed by atoms with van der Waals surface area (Å²) in [5.74, 6) is -1.81. The number of carbonyl (C=O) groups is 2. The van der Waals surface area contributed by atoms with Crippen LogP contribution in [0.1, 0.15) is 12.5 Å². The summed E-state index contributed by atoms with van der Waals surface area (Å²) < 4.78 is 42.5. The van der Waals surface area contributed by atoms with E-state index in [0.717, 1.165) is 9.21 Å². The van der Waals surface area contributed by atoms with Crippen LogP contribution < -0.4 is 9.62 Å². The average molecular weight is 552 g/mol. The van der Waals surface area contributed by atoms with E-state index in [0.29, 0.717) is 0 Å². The number of hydrogen-bond donors (Lipinski definition) is 1. The number of rotatable bonds is 9. The zero-order chi connectivity index (χ0) is 26.5. The van der Waals surface area contributed by atoms with Crippen molar-refractivity contribution in [3.8, 4) is 0 Å². The Bertz CT molecular complexity index is 1360. The first-order valence-electron chi connectivity index (χ1n) is 10.8. The second kappa shape index (κ2) is 11.7. The summed E-state index contributed by atoms with van der Waals surface area (Å²) in [4.78, 5) is 27.1. The quantitative estimate of drug-likeness (QED) is 0.424. The van der Waals surface area contributed by atoms with Gasteiger partial charge in [0.05, 0.1) is 20.6 Å².